The lowest BCUT2D eigenvalue weighted by Crippen LogP contribution is -2.55. The van der Waals surface area contributed by atoms with Gasteiger partial charge in [-0.15, -0.1) is 0 Å². The number of esters is 1. The number of likely N-dealkylation sites (N-methyl/N-ethyl adjacent to an activating group) is 1. The molecule has 0 radical (unpaired) electrons. The second kappa shape index (κ2) is 13.0. The van der Waals surface area contributed by atoms with Crippen molar-refractivity contribution in [2.24, 2.45) is 11.8 Å². The molecule has 2 saturated heterocycles. The van der Waals surface area contributed by atoms with E-state index in [9.17, 15) is 13.4 Å². The van der Waals surface area contributed by atoms with Crippen molar-refractivity contribution in [3.63, 3.8) is 0 Å². The molecule has 234 valence electrons. The van der Waals surface area contributed by atoms with Crippen molar-refractivity contribution < 1.29 is 18.1 Å². The Morgan fingerprint density at radius 3 is 2.47 bits per heavy atom. The Balaban J connectivity index is 1.10. The van der Waals surface area contributed by atoms with Gasteiger partial charge in [-0.1, -0.05) is 19.4 Å². The summed E-state index contributed by atoms with van der Waals surface area (Å²) < 4.78 is 33.1. The Labute approximate surface area is 259 Å². The number of fused-ring (bicyclic) bond motifs is 1. The van der Waals surface area contributed by atoms with Gasteiger partial charge in [0.05, 0.1) is 10.8 Å². The number of ether oxygens (including phenoxy) is 1. The number of rotatable bonds is 11. The van der Waals surface area contributed by atoms with Crippen LogP contribution in [0.4, 0.5) is 10.1 Å². The molecule has 3 atom stereocenters. The molecular formula is C35H48FN3O3S. The Hall–Kier alpha value is -2.29. The van der Waals surface area contributed by atoms with Crippen molar-refractivity contribution in [2.45, 2.75) is 87.0 Å². The monoisotopic (exact) mass is 609 g/mol. The number of likely N-dealkylation sites (tertiary alicyclic amines) is 1. The molecule has 0 aromatic heterocycles. The highest BCUT2D eigenvalue weighted by Gasteiger charge is 2.48. The largest absolute Gasteiger partial charge is 0.463 e. The van der Waals surface area contributed by atoms with E-state index in [-0.39, 0.29) is 23.3 Å². The zero-order chi connectivity index (χ0) is 30.1. The first kappa shape index (κ1) is 30.7. The van der Waals surface area contributed by atoms with Gasteiger partial charge in [0.25, 0.3) is 0 Å². The number of hydrogen-bond acceptors (Lipinski definition) is 6. The number of benzene rings is 2. The minimum Gasteiger partial charge on any atom is -0.463 e. The predicted octanol–water partition coefficient (Wildman–Crippen LogP) is 5.75. The standard InChI is InChI=1S/C35H48FN3O3S/c1-4-5-31(42-25(2)40)19-35(24-37(3)23-27-6-7-29(36)18-34(27)35)28-14-16-38(17-15-28)20-26-21-39(22-26)30-8-10-32(11-9-30)43(41)33-12-13-33/h6-11,18,26,28,31,33H,4-5,12-17,19-24H2,1-3H3. The summed E-state index contributed by atoms with van der Waals surface area (Å²) in [7, 11) is 1.32. The van der Waals surface area contributed by atoms with Gasteiger partial charge in [0.1, 0.15) is 11.9 Å². The molecule has 0 spiro atoms. The summed E-state index contributed by atoms with van der Waals surface area (Å²) in [6.07, 6.45) is 6.68. The molecule has 4 aliphatic rings. The van der Waals surface area contributed by atoms with E-state index in [1.54, 1.807) is 12.1 Å². The summed E-state index contributed by atoms with van der Waals surface area (Å²) in [6, 6.07) is 13.7. The van der Waals surface area contributed by atoms with Crippen LogP contribution in [0.2, 0.25) is 0 Å². The highest BCUT2D eigenvalue weighted by Crippen LogP contribution is 2.48. The molecule has 3 aliphatic heterocycles. The maximum absolute atomic E-state index is 14.8. The number of nitrogens with zero attached hydrogens (tertiary/aromatic N) is 3. The van der Waals surface area contributed by atoms with Crippen LogP contribution in [0, 0.1) is 17.7 Å². The van der Waals surface area contributed by atoms with Gasteiger partial charge in [-0.05, 0) is 112 Å². The summed E-state index contributed by atoms with van der Waals surface area (Å²) in [5.41, 5.74) is 3.33. The number of anilines is 1. The van der Waals surface area contributed by atoms with E-state index in [1.807, 2.05) is 6.07 Å². The summed E-state index contributed by atoms with van der Waals surface area (Å²) in [6.45, 7) is 10.6. The topological polar surface area (TPSA) is 53.1 Å². The molecule has 0 bridgehead atoms. The Morgan fingerprint density at radius 1 is 1.09 bits per heavy atom. The highest BCUT2D eigenvalue weighted by molar-refractivity contribution is 7.86. The predicted molar refractivity (Wildman–Crippen MR) is 170 cm³/mol. The highest BCUT2D eigenvalue weighted by atomic mass is 32.2. The second-order valence-corrected chi connectivity index (χ2v) is 15.4. The molecule has 2 aromatic rings. The van der Waals surface area contributed by atoms with Crippen molar-refractivity contribution >= 4 is 22.5 Å². The minimum atomic E-state index is -0.841. The van der Waals surface area contributed by atoms with Crippen LogP contribution in [-0.2, 0) is 32.3 Å². The Bertz CT molecular complexity index is 1300. The lowest BCUT2D eigenvalue weighted by molar-refractivity contribution is -0.148. The van der Waals surface area contributed by atoms with Crippen LogP contribution in [0.25, 0.3) is 0 Å². The summed E-state index contributed by atoms with van der Waals surface area (Å²) in [4.78, 5) is 20.5. The van der Waals surface area contributed by atoms with Crippen LogP contribution in [0.15, 0.2) is 47.4 Å². The van der Waals surface area contributed by atoms with Crippen LogP contribution in [0.1, 0.15) is 69.9 Å². The summed E-state index contributed by atoms with van der Waals surface area (Å²) in [5, 5.41) is 0.375. The molecule has 1 saturated carbocycles. The first-order chi connectivity index (χ1) is 20.7. The summed E-state index contributed by atoms with van der Waals surface area (Å²) >= 11 is 0. The average molecular weight is 610 g/mol. The van der Waals surface area contributed by atoms with E-state index in [0.717, 1.165) is 101 Å². The Kier molecular flexibility index (Phi) is 9.27. The molecule has 3 heterocycles. The van der Waals surface area contributed by atoms with Crippen molar-refractivity contribution in [1.82, 2.24) is 9.80 Å². The van der Waals surface area contributed by atoms with Gasteiger partial charge in [-0.3, -0.25) is 9.00 Å². The quantitative estimate of drug-likeness (QED) is 0.303. The first-order valence-electron chi connectivity index (χ1n) is 16.4. The maximum atomic E-state index is 14.8. The second-order valence-electron chi connectivity index (χ2n) is 13.7. The normalized spacial score (nSPS) is 25.2. The third kappa shape index (κ3) is 6.86. The first-order valence-corrected chi connectivity index (χ1v) is 17.6. The zero-order valence-corrected chi connectivity index (χ0v) is 26.9. The number of carbonyl (C=O) groups excluding carboxylic acids is 1. The van der Waals surface area contributed by atoms with Crippen molar-refractivity contribution in [3.05, 3.63) is 59.4 Å². The van der Waals surface area contributed by atoms with Crippen LogP contribution >= 0.6 is 0 Å². The number of hydrogen-bond donors (Lipinski definition) is 0. The van der Waals surface area contributed by atoms with E-state index in [0.29, 0.717) is 17.1 Å². The molecule has 0 N–H and O–H groups in total. The van der Waals surface area contributed by atoms with Crippen LogP contribution < -0.4 is 4.90 Å². The molecule has 8 heteroatoms. The van der Waals surface area contributed by atoms with Crippen molar-refractivity contribution in [3.8, 4) is 0 Å². The van der Waals surface area contributed by atoms with Gasteiger partial charge in [-0.25, -0.2) is 4.39 Å². The van der Waals surface area contributed by atoms with E-state index in [2.05, 4.69) is 52.9 Å². The molecule has 43 heavy (non-hydrogen) atoms. The third-order valence-corrected chi connectivity index (χ3v) is 12.1. The molecule has 2 aromatic carbocycles. The lowest BCUT2D eigenvalue weighted by Gasteiger charge is -2.52. The Morgan fingerprint density at radius 2 is 1.81 bits per heavy atom. The zero-order valence-electron chi connectivity index (χ0n) is 26.1. The lowest BCUT2D eigenvalue weighted by atomic mass is 9.61. The SMILES string of the molecule is CCCC(CC1(C2CCN(CC3CN(c4ccc(S(=O)C5CC5)cc4)C3)CC2)CN(C)Cc2ccc(F)cc21)OC(C)=O. The van der Waals surface area contributed by atoms with Gasteiger partial charge >= 0.3 is 5.97 Å². The fourth-order valence-electron chi connectivity index (χ4n) is 8.11. The molecule has 1 aliphatic carbocycles. The molecular weight excluding hydrogens is 561 g/mol. The number of piperidine rings is 1. The molecule has 6 rings (SSSR count). The van der Waals surface area contributed by atoms with E-state index in [1.165, 1.54) is 18.2 Å². The molecule has 3 fully saturated rings. The van der Waals surface area contributed by atoms with Crippen molar-refractivity contribution in [2.75, 3.05) is 51.2 Å². The maximum Gasteiger partial charge on any atom is 0.302 e. The number of halogens is 1. The number of carbonyl (C=O) groups is 1. The third-order valence-electron chi connectivity index (χ3n) is 10.2. The van der Waals surface area contributed by atoms with Crippen LogP contribution in [-0.4, -0.2) is 77.6 Å². The van der Waals surface area contributed by atoms with Gasteiger partial charge in [0.15, 0.2) is 0 Å². The average Bonchev–Trinajstić information content (AvgIpc) is 3.81. The van der Waals surface area contributed by atoms with E-state index < -0.39 is 10.8 Å². The minimum absolute atomic E-state index is 0.160. The summed E-state index contributed by atoms with van der Waals surface area (Å²) in [5.74, 6) is 0.648. The fraction of sp³-hybridized carbons (Fsp3) is 0.629. The molecule has 0 amide bonds. The molecule has 3 unspecified atom stereocenters. The van der Waals surface area contributed by atoms with Gasteiger partial charge < -0.3 is 19.4 Å². The van der Waals surface area contributed by atoms with Crippen LogP contribution in [0.3, 0.4) is 0 Å². The van der Waals surface area contributed by atoms with E-state index in [4.69, 9.17) is 4.74 Å². The van der Waals surface area contributed by atoms with Gasteiger partial charge in [0.2, 0.25) is 0 Å². The fourth-order valence-corrected chi connectivity index (χ4v) is 9.47. The van der Waals surface area contributed by atoms with E-state index >= 15 is 0 Å². The van der Waals surface area contributed by atoms with Gasteiger partial charge in [0, 0.05) is 66.8 Å². The smallest absolute Gasteiger partial charge is 0.302 e. The van der Waals surface area contributed by atoms with Gasteiger partial charge in [-0.2, -0.15) is 0 Å². The molecule has 6 nitrogen and oxygen atoms in total. The van der Waals surface area contributed by atoms with Crippen molar-refractivity contribution in [1.29, 1.82) is 0 Å². The van der Waals surface area contributed by atoms with Crippen LogP contribution in [0.5, 0.6) is 0 Å².